The van der Waals surface area contributed by atoms with E-state index in [0.29, 0.717) is 11.3 Å². The second-order valence-corrected chi connectivity index (χ2v) is 6.70. The summed E-state index contributed by atoms with van der Waals surface area (Å²) < 4.78 is 6.95. The summed E-state index contributed by atoms with van der Waals surface area (Å²) in [5.41, 5.74) is 0.453. The third kappa shape index (κ3) is 3.58. The molecule has 1 saturated carbocycles. The van der Waals surface area contributed by atoms with Crippen molar-refractivity contribution in [2.45, 2.75) is 58.2 Å². The molecule has 7 heteroatoms. The molecule has 1 aliphatic rings. The molecule has 0 saturated heterocycles. The monoisotopic (exact) mass is 309 g/mol. The van der Waals surface area contributed by atoms with Crippen molar-refractivity contribution in [3.8, 4) is 0 Å². The van der Waals surface area contributed by atoms with Crippen LogP contribution in [0.15, 0.2) is 6.20 Å². The summed E-state index contributed by atoms with van der Waals surface area (Å²) in [4.78, 5) is 25.7. The summed E-state index contributed by atoms with van der Waals surface area (Å²) in [6, 6.07) is -1.16. The summed E-state index contributed by atoms with van der Waals surface area (Å²) in [5, 5.41) is 13.9. The summed E-state index contributed by atoms with van der Waals surface area (Å²) >= 11 is 0. The van der Waals surface area contributed by atoms with Gasteiger partial charge in [-0.1, -0.05) is 0 Å². The summed E-state index contributed by atoms with van der Waals surface area (Å²) in [5.74, 6) is -1.08. The van der Waals surface area contributed by atoms with Crippen molar-refractivity contribution in [2.24, 2.45) is 7.05 Å². The summed E-state index contributed by atoms with van der Waals surface area (Å²) in [6.45, 7) is 7.04. The maximum absolute atomic E-state index is 12.5. The molecule has 0 spiro atoms. The topological polar surface area (TPSA) is 84.7 Å². The lowest BCUT2D eigenvalue weighted by Crippen LogP contribution is -2.43. The molecule has 0 bridgehead atoms. The van der Waals surface area contributed by atoms with Crippen molar-refractivity contribution in [1.82, 2.24) is 14.7 Å². The molecule has 0 aliphatic heterocycles. The Kier molecular flexibility index (Phi) is 4.17. The first-order valence-electron chi connectivity index (χ1n) is 7.34. The van der Waals surface area contributed by atoms with Crippen molar-refractivity contribution in [3.63, 3.8) is 0 Å². The average molecular weight is 309 g/mol. The number of carboxylic acid groups (broad SMARTS) is 1. The van der Waals surface area contributed by atoms with Crippen LogP contribution in [0.25, 0.3) is 0 Å². The Labute approximate surface area is 129 Å². The van der Waals surface area contributed by atoms with Crippen molar-refractivity contribution in [2.75, 3.05) is 0 Å². The van der Waals surface area contributed by atoms with Crippen LogP contribution in [0, 0.1) is 6.92 Å². The maximum Gasteiger partial charge on any atom is 0.411 e. The SMILES string of the molecule is Cc1nn(C)cc1C(C(=O)O)N(C(=O)OC(C)(C)C)C1CC1. The zero-order valence-corrected chi connectivity index (χ0v) is 13.7. The van der Waals surface area contributed by atoms with E-state index in [2.05, 4.69) is 5.10 Å². The minimum Gasteiger partial charge on any atom is -0.479 e. The number of ether oxygens (including phenoxy) is 1. The highest BCUT2D eigenvalue weighted by molar-refractivity contribution is 5.82. The molecule has 1 aliphatic carbocycles. The molecular weight excluding hydrogens is 286 g/mol. The Balaban J connectivity index is 2.37. The van der Waals surface area contributed by atoms with Crippen molar-refractivity contribution < 1.29 is 19.4 Å². The molecule has 122 valence electrons. The van der Waals surface area contributed by atoms with Crippen molar-refractivity contribution in [3.05, 3.63) is 17.5 Å². The highest BCUT2D eigenvalue weighted by Gasteiger charge is 2.44. The van der Waals surface area contributed by atoms with Crippen LogP contribution in [0.5, 0.6) is 0 Å². The Morgan fingerprint density at radius 3 is 2.41 bits per heavy atom. The van der Waals surface area contributed by atoms with Gasteiger partial charge in [0.15, 0.2) is 6.04 Å². The van der Waals surface area contributed by atoms with E-state index >= 15 is 0 Å². The van der Waals surface area contributed by atoms with E-state index in [1.165, 1.54) is 4.90 Å². The van der Waals surface area contributed by atoms with E-state index in [-0.39, 0.29) is 6.04 Å². The smallest absolute Gasteiger partial charge is 0.411 e. The van der Waals surface area contributed by atoms with Gasteiger partial charge in [-0.2, -0.15) is 5.10 Å². The van der Waals surface area contributed by atoms with Gasteiger partial charge in [0.1, 0.15) is 5.60 Å². The van der Waals surface area contributed by atoms with Gasteiger partial charge in [0.2, 0.25) is 0 Å². The highest BCUT2D eigenvalue weighted by Crippen LogP contribution is 2.36. The highest BCUT2D eigenvalue weighted by atomic mass is 16.6. The first-order chi connectivity index (χ1) is 10.1. The van der Waals surface area contributed by atoms with Gasteiger partial charge < -0.3 is 9.84 Å². The van der Waals surface area contributed by atoms with Gasteiger partial charge in [-0.15, -0.1) is 0 Å². The van der Waals surface area contributed by atoms with E-state index in [0.717, 1.165) is 12.8 Å². The van der Waals surface area contributed by atoms with E-state index < -0.39 is 23.7 Å². The van der Waals surface area contributed by atoms with E-state index in [4.69, 9.17) is 4.74 Å². The maximum atomic E-state index is 12.5. The first-order valence-corrected chi connectivity index (χ1v) is 7.34. The summed E-state index contributed by atoms with van der Waals surface area (Å²) in [6.07, 6.45) is 2.64. The Bertz CT molecular complexity index is 584. The third-order valence-electron chi connectivity index (χ3n) is 3.40. The van der Waals surface area contributed by atoms with E-state index in [1.807, 2.05) is 0 Å². The Morgan fingerprint density at radius 2 is 2.05 bits per heavy atom. The molecule has 0 radical (unpaired) electrons. The van der Waals surface area contributed by atoms with Crippen molar-refractivity contribution >= 4 is 12.1 Å². The lowest BCUT2D eigenvalue weighted by molar-refractivity contribution is -0.143. The molecule has 22 heavy (non-hydrogen) atoms. The van der Waals surface area contributed by atoms with Crippen LogP contribution in [0.4, 0.5) is 4.79 Å². The number of amides is 1. The molecule has 1 unspecified atom stereocenters. The normalized spacial score (nSPS) is 16.2. The zero-order valence-electron chi connectivity index (χ0n) is 13.7. The average Bonchev–Trinajstić information content (AvgIpc) is 3.09. The molecule has 1 atom stereocenters. The summed E-state index contributed by atoms with van der Waals surface area (Å²) in [7, 11) is 1.73. The minimum absolute atomic E-state index is 0.0874. The number of aromatic nitrogens is 2. The fourth-order valence-corrected chi connectivity index (χ4v) is 2.42. The number of aryl methyl sites for hydroxylation is 2. The molecule has 1 heterocycles. The van der Waals surface area contributed by atoms with Gasteiger partial charge in [0.25, 0.3) is 0 Å². The van der Waals surface area contributed by atoms with E-state index in [9.17, 15) is 14.7 Å². The van der Waals surface area contributed by atoms with Gasteiger partial charge in [0, 0.05) is 24.8 Å². The zero-order chi connectivity index (χ0) is 16.7. The predicted octanol–water partition coefficient (Wildman–Crippen LogP) is 2.25. The van der Waals surface area contributed by atoms with Crippen LogP contribution in [0.2, 0.25) is 0 Å². The fraction of sp³-hybridized carbons (Fsp3) is 0.667. The van der Waals surface area contributed by atoms with Crippen LogP contribution in [0.1, 0.15) is 50.9 Å². The van der Waals surface area contributed by atoms with Gasteiger partial charge in [-0.3, -0.25) is 9.58 Å². The molecule has 0 aromatic carbocycles. The number of hydrogen-bond acceptors (Lipinski definition) is 4. The number of aliphatic carboxylic acids is 1. The number of hydrogen-bond donors (Lipinski definition) is 1. The Morgan fingerprint density at radius 1 is 1.45 bits per heavy atom. The molecular formula is C15H23N3O4. The molecule has 1 aromatic rings. The van der Waals surface area contributed by atoms with Crippen molar-refractivity contribution in [1.29, 1.82) is 0 Å². The first kappa shape index (κ1) is 16.3. The van der Waals surface area contributed by atoms with Gasteiger partial charge in [0.05, 0.1) is 5.69 Å². The van der Waals surface area contributed by atoms with Crippen LogP contribution in [-0.4, -0.2) is 43.5 Å². The number of carbonyl (C=O) groups is 2. The van der Waals surface area contributed by atoms with Crippen LogP contribution in [0.3, 0.4) is 0 Å². The molecule has 2 rings (SSSR count). The lowest BCUT2D eigenvalue weighted by atomic mass is 10.1. The predicted molar refractivity (Wildman–Crippen MR) is 79.4 cm³/mol. The molecule has 1 amide bonds. The van der Waals surface area contributed by atoms with Gasteiger partial charge in [-0.25, -0.2) is 9.59 Å². The molecule has 1 aromatic heterocycles. The fourth-order valence-electron chi connectivity index (χ4n) is 2.42. The quantitative estimate of drug-likeness (QED) is 0.922. The molecule has 1 N–H and O–H groups in total. The second-order valence-electron chi connectivity index (χ2n) is 6.70. The van der Waals surface area contributed by atoms with Gasteiger partial charge >= 0.3 is 12.1 Å². The number of carbonyl (C=O) groups excluding carboxylic acids is 1. The number of nitrogens with zero attached hydrogens (tertiary/aromatic N) is 3. The Hall–Kier alpha value is -2.05. The third-order valence-corrected chi connectivity index (χ3v) is 3.40. The van der Waals surface area contributed by atoms with Crippen LogP contribution in [-0.2, 0) is 16.6 Å². The van der Waals surface area contributed by atoms with Crippen LogP contribution >= 0.6 is 0 Å². The molecule has 1 fully saturated rings. The minimum atomic E-state index is -1.08. The van der Waals surface area contributed by atoms with E-state index in [1.54, 1.807) is 45.6 Å². The van der Waals surface area contributed by atoms with Crippen LogP contribution < -0.4 is 0 Å². The van der Waals surface area contributed by atoms with Gasteiger partial charge in [-0.05, 0) is 40.5 Å². The number of rotatable bonds is 4. The lowest BCUT2D eigenvalue weighted by Gasteiger charge is -2.31. The number of carboxylic acids is 1. The molecule has 7 nitrogen and oxygen atoms in total. The largest absolute Gasteiger partial charge is 0.479 e. The standard InChI is InChI=1S/C15H23N3O4/c1-9-11(8-17(5)16-9)12(13(19)20)18(10-6-7-10)14(21)22-15(2,3)4/h8,10,12H,6-7H2,1-5H3,(H,19,20). The second kappa shape index (κ2) is 5.62.